The van der Waals surface area contributed by atoms with Crippen LogP contribution >= 0.6 is 23.2 Å². The highest BCUT2D eigenvalue weighted by molar-refractivity contribution is 6.52. The third-order valence-corrected chi connectivity index (χ3v) is 3.75. The summed E-state index contributed by atoms with van der Waals surface area (Å²) in [7, 11) is 0. The molecule has 0 unspecified atom stereocenters. The largest absolute Gasteiger partial charge is 0.300 e. The third-order valence-electron chi connectivity index (χ3n) is 3.28. The van der Waals surface area contributed by atoms with Crippen LogP contribution in [0.3, 0.4) is 0 Å². The fraction of sp³-hybridized carbons (Fsp3) is 0.0667. The summed E-state index contributed by atoms with van der Waals surface area (Å²) in [4.78, 5) is 25.2. The van der Waals surface area contributed by atoms with E-state index in [0.717, 1.165) is 6.07 Å². The van der Waals surface area contributed by atoms with E-state index in [1.807, 2.05) is 0 Å². The number of benzene rings is 2. The summed E-state index contributed by atoms with van der Waals surface area (Å²) in [5.41, 5.74) is 0.944. The van der Waals surface area contributed by atoms with E-state index in [0.29, 0.717) is 10.7 Å². The van der Waals surface area contributed by atoms with E-state index in [2.05, 4.69) is 0 Å². The lowest BCUT2D eigenvalue weighted by Crippen LogP contribution is -2.29. The first-order chi connectivity index (χ1) is 9.97. The van der Waals surface area contributed by atoms with Crippen molar-refractivity contribution in [1.29, 1.82) is 0 Å². The van der Waals surface area contributed by atoms with Crippen LogP contribution in [0.2, 0.25) is 10.0 Å². The van der Waals surface area contributed by atoms with Gasteiger partial charge in [-0.05, 0) is 30.3 Å². The first kappa shape index (κ1) is 14.0. The molecular weight excluding hydrogens is 316 g/mol. The second kappa shape index (κ2) is 5.13. The van der Waals surface area contributed by atoms with Crippen molar-refractivity contribution in [1.82, 2.24) is 0 Å². The number of halogens is 3. The van der Waals surface area contributed by atoms with Crippen molar-refractivity contribution >= 4 is 40.6 Å². The minimum atomic E-state index is -0.693. The number of Topliss-reactive ketones (excluding diaryl/α,β-unsaturated/α-hetero) is 1. The Morgan fingerprint density at radius 1 is 1.00 bits per heavy atom. The van der Waals surface area contributed by atoms with E-state index >= 15 is 0 Å². The molecule has 6 heteroatoms. The Hall–Kier alpha value is -1.91. The Balaban J connectivity index is 2.02. The molecule has 1 aliphatic heterocycles. The topological polar surface area (TPSA) is 37.4 Å². The normalized spacial score (nSPS) is 13.8. The summed E-state index contributed by atoms with van der Waals surface area (Å²) < 4.78 is 13.8. The monoisotopic (exact) mass is 323 g/mol. The minimum absolute atomic E-state index is 0.0546. The van der Waals surface area contributed by atoms with Gasteiger partial charge in [-0.1, -0.05) is 29.3 Å². The predicted molar refractivity (Wildman–Crippen MR) is 78.4 cm³/mol. The summed E-state index contributed by atoms with van der Waals surface area (Å²) in [6.07, 6.45) is 0. The summed E-state index contributed by atoms with van der Waals surface area (Å²) in [6, 6.07) is 8.74. The highest BCUT2D eigenvalue weighted by atomic mass is 35.5. The second-order valence-electron chi connectivity index (χ2n) is 4.62. The lowest BCUT2D eigenvalue weighted by Gasteiger charge is -2.17. The number of nitrogens with zero attached hydrogens (tertiary/aromatic N) is 1. The number of hydrogen-bond donors (Lipinski definition) is 0. The molecule has 0 fully saturated rings. The Labute approximate surface area is 129 Å². The van der Waals surface area contributed by atoms with Gasteiger partial charge in [-0.3, -0.25) is 9.59 Å². The Morgan fingerprint density at radius 2 is 1.67 bits per heavy atom. The summed E-state index contributed by atoms with van der Waals surface area (Å²) in [5, 5.41) is 0.668. The van der Waals surface area contributed by atoms with E-state index in [-0.39, 0.29) is 22.7 Å². The van der Waals surface area contributed by atoms with E-state index in [1.54, 1.807) is 0 Å². The van der Waals surface area contributed by atoms with Gasteiger partial charge in [-0.25, -0.2) is 4.39 Å². The maximum atomic E-state index is 13.8. The quantitative estimate of drug-likeness (QED) is 0.787. The van der Waals surface area contributed by atoms with Crippen LogP contribution in [-0.2, 0) is 11.3 Å². The molecule has 1 aliphatic rings. The highest BCUT2D eigenvalue weighted by Gasteiger charge is 2.36. The van der Waals surface area contributed by atoms with Crippen LogP contribution in [0, 0.1) is 5.82 Å². The second-order valence-corrected chi connectivity index (χ2v) is 5.49. The molecule has 0 radical (unpaired) electrons. The van der Waals surface area contributed by atoms with Gasteiger partial charge in [0.2, 0.25) is 0 Å². The van der Waals surface area contributed by atoms with Gasteiger partial charge in [-0.15, -0.1) is 0 Å². The maximum absolute atomic E-state index is 13.8. The Morgan fingerprint density at radius 3 is 2.38 bits per heavy atom. The van der Waals surface area contributed by atoms with Crippen LogP contribution in [-0.4, -0.2) is 11.7 Å². The molecule has 1 amide bonds. The standard InChI is InChI=1S/C15H8Cl2FNO2/c16-9-2-1-8(12(18)5-9)7-19-13-6-10(17)3-4-11(13)14(20)15(19)21/h1-6H,7H2. The molecule has 0 saturated heterocycles. The maximum Gasteiger partial charge on any atom is 0.299 e. The van der Waals surface area contributed by atoms with Crippen LogP contribution in [0.4, 0.5) is 10.1 Å². The van der Waals surface area contributed by atoms with E-state index in [9.17, 15) is 14.0 Å². The van der Waals surface area contributed by atoms with Crippen LogP contribution in [0.5, 0.6) is 0 Å². The predicted octanol–water partition coefficient (Wildman–Crippen LogP) is 3.86. The molecule has 0 atom stereocenters. The first-order valence-electron chi connectivity index (χ1n) is 6.07. The van der Waals surface area contributed by atoms with Gasteiger partial charge >= 0.3 is 0 Å². The number of ketones is 1. The zero-order valence-corrected chi connectivity index (χ0v) is 12.1. The van der Waals surface area contributed by atoms with Gasteiger partial charge in [0.25, 0.3) is 11.7 Å². The van der Waals surface area contributed by atoms with Crippen LogP contribution in [0.25, 0.3) is 0 Å². The van der Waals surface area contributed by atoms with Crippen molar-refractivity contribution in [2.45, 2.75) is 6.54 Å². The Kier molecular flexibility index (Phi) is 3.43. The van der Waals surface area contributed by atoms with Crippen LogP contribution in [0.1, 0.15) is 15.9 Å². The fourth-order valence-electron chi connectivity index (χ4n) is 2.24. The molecule has 3 nitrogen and oxygen atoms in total. The average Bonchev–Trinajstić information content (AvgIpc) is 2.66. The van der Waals surface area contributed by atoms with Crippen molar-refractivity contribution in [3.8, 4) is 0 Å². The van der Waals surface area contributed by atoms with Crippen molar-refractivity contribution in [3.63, 3.8) is 0 Å². The number of rotatable bonds is 2. The molecule has 0 aromatic heterocycles. The first-order valence-corrected chi connectivity index (χ1v) is 6.82. The zero-order chi connectivity index (χ0) is 15.1. The van der Waals surface area contributed by atoms with Crippen LogP contribution in [0.15, 0.2) is 36.4 Å². The number of amides is 1. The lowest BCUT2D eigenvalue weighted by atomic mass is 10.1. The van der Waals surface area contributed by atoms with Crippen molar-refractivity contribution in [2.75, 3.05) is 4.90 Å². The van der Waals surface area contributed by atoms with Crippen LogP contribution < -0.4 is 4.90 Å². The molecule has 0 saturated carbocycles. The molecule has 2 aromatic rings. The van der Waals surface area contributed by atoms with Gasteiger partial charge in [0.05, 0.1) is 17.8 Å². The molecule has 2 aromatic carbocycles. The van der Waals surface area contributed by atoms with Gasteiger partial charge in [-0.2, -0.15) is 0 Å². The van der Waals surface area contributed by atoms with Gasteiger partial charge in [0, 0.05) is 15.6 Å². The smallest absolute Gasteiger partial charge is 0.299 e. The SMILES string of the molecule is O=C1C(=O)N(Cc2ccc(Cl)cc2F)c2cc(Cl)ccc21. The molecule has 3 rings (SSSR count). The van der Waals surface area contributed by atoms with E-state index in [1.165, 1.54) is 35.2 Å². The number of hydrogen-bond acceptors (Lipinski definition) is 2. The molecule has 0 N–H and O–H groups in total. The van der Waals surface area contributed by atoms with Gasteiger partial charge < -0.3 is 4.90 Å². The number of carbonyl (C=O) groups is 2. The third kappa shape index (κ3) is 2.41. The van der Waals surface area contributed by atoms with Gasteiger partial charge in [0.15, 0.2) is 0 Å². The number of carbonyl (C=O) groups excluding carboxylic acids is 2. The Bertz CT molecular complexity index is 776. The van der Waals surface area contributed by atoms with Gasteiger partial charge in [0.1, 0.15) is 5.82 Å². The molecular formula is C15H8Cl2FNO2. The summed E-state index contributed by atoms with van der Waals surface area (Å²) in [5.74, 6) is -1.84. The average molecular weight is 324 g/mol. The molecule has 1 heterocycles. The molecule has 0 aliphatic carbocycles. The number of anilines is 1. The van der Waals surface area contributed by atoms with Crippen molar-refractivity contribution < 1.29 is 14.0 Å². The summed E-state index contributed by atoms with van der Waals surface area (Å²) >= 11 is 11.6. The fourth-order valence-corrected chi connectivity index (χ4v) is 2.57. The van der Waals surface area contributed by atoms with Crippen molar-refractivity contribution in [2.24, 2.45) is 0 Å². The van der Waals surface area contributed by atoms with E-state index in [4.69, 9.17) is 23.2 Å². The molecule has 21 heavy (non-hydrogen) atoms. The zero-order valence-electron chi connectivity index (χ0n) is 10.6. The summed E-state index contributed by atoms with van der Waals surface area (Å²) in [6.45, 7) is -0.0546. The van der Waals surface area contributed by atoms with E-state index < -0.39 is 17.5 Å². The lowest BCUT2D eigenvalue weighted by molar-refractivity contribution is -0.114. The molecule has 0 bridgehead atoms. The highest BCUT2D eigenvalue weighted by Crippen LogP contribution is 2.33. The molecule has 106 valence electrons. The number of fused-ring (bicyclic) bond motifs is 1. The minimum Gasteiger partial charge on any atom is -0.300 e. The molecule has 0 spiro atoms. The van der Waals surface area contributed by atoms with Crippen molar-refractivity contribution in [3.05, 3.63) is 63.4 Å².